The molecule has 2 aromatic rings. The molecule has 0 aromatic heterocycles. The van der Waals surface area contributed by atoms with Crippen LogP contribution in [-0.4, -0.2) is 46.9 Å². The normalized spacial score (nSPS) is 12.7. The smallest absolute Gasteiger partial charge is 0.408 e. The van der Waals surface area contributed by atoms with E-state index in [1.54, 1.807) is 20.8 Å². The van der Waals surface area contributed by atoms with Crippen molar-refractivity contribution in [3.05, 3.63) is 64.2 Å². The van der Waals surface area contributed by atoms with E-state index >= 15 is 0 Å². The molecule has 0 aliphatic carbocycles. The fourth-order valence-corrected chi connectivity index (χ4v) is 4.44. The topological polar surface area (TPSA) is 131 Å². The zero-order valence-corrected chi connectivity index (χ0v) is 24.3. The third kappa shape index (κ3) is 8.84. The summed E-state index contributed by atoms with van der Waals surface area (Å²) >= 11 is 0. The highest BCUT2D eigenvalue weighted by Gasteiger charge is 2.37. The summed E-state index contributed by atoms with van der Waals surface area (Å²) in [5.41, 5.74) is 9.55. The molecule has 0 saturated heterocycles. The number of anilines is 1. The number of nitrogens with zero attached hydrogens (tertiary/aromatic N) is 1. The highest BCUT2D eigenvalue weighted by atomic mass is 16.6. The van der Waals surface area contributed by atoms with Gasteiger partial charge in [0.2, 0.25) is 11.8 Å². The van der Waals surface area contributed by atoms with Crippen molar-refractivity contribution < 1.29 is 23.9 Å². The standard InChI is InChI=1S/C30H42N4O5/c1-9-15-34(28(37)23(17-24(31)35)32-29(38)39-30(6,7)8)26(22-14-13-18(2)16-21(22)5)27(36)33-25-19(3)11-10-12-20(25)4/h10-14,16,23,26H,9,15,17H2,1-8H3,(H2,31,35)(H,32,38)(H,33,36). The SMILES string of the molecule is CCCN(C(=O)C(CC(N)=O)NC(=O)OC(C)(C)C)C(C(=O)Nc1c(C)cccc1C)c1ccc(C)cc1C. The predicted molar refractivity (Wildman–Crippen MR) is 152 cm³/mol. The van der Waals surface area contributed by atoms with Crippen LogP contribution < -0.4 is 16.4 Å². The van der Waals surface area contributed by atoms with Gasteiger partial charge in [0.15, 0.2) is 0 Å². The molecule has 2 atom stereocenters. The quantitative estimate of drug-likeness (QED) is 0.407. The maximum absolute atomic E-state index is 14.0. The number of primary amides is 1. The Bertz CT molecular complexity index is 1200. The third-order valence-electron chi connectivity index (χ3n) is 6.15. The van der Waals surface area contributed by atoms with Crippen molar-refractivity contribution in [2.24, 2.45) is 5.73 Å². The fraction of sp³-hybridized carbons (Fsp3) is 0.467. The van der Waals surface area contributed by atoms with Crippen molar-refractivity contribution in [3.8, 4) is 0 Å². The first-order chi connectivity index (χ1) is 18.1. The maximum Gasteiger partial charge on any atom is 0.408 e. The fourth-order valence-electron chi connectivity index (χ4n) is 4.44. The summed E-state index contributed by atoms with van der Waals surface area (Å²) in [5.74, 6) is -1.79. The molecule has 0 fully saturated rings. The number of nitrogens with two attached hydrogens (primary N) is 1. The van der Waals surface area contributed by atoms with Crippen molar-refractivity contribution in [3.63, 3.8) is 0 Å². The number of carbonyl (C=O) groups excluding carboxylic acids is 4. The van der Waals surface area contributed by atoms with Gasteiger partial charge in [0.1, 0.15) is 17.7 Å². The Labute approximate surface area is 231 Å². The van der Waals surface area contributed by atoms with Crippen molar-refractivity contribution in [1.29, 1.82) is 0 Å². The number of carbonyl (C=O) groups is 4. The summed E-state index contributed by atoms with van der Waals surface area (Å²) in [5, 5.41) is 5.52. The number of benzene rings is 2. The number of amides is 4. The predicted octanol–water partition coefficient (Wildman–Crippen LogP) is 4.61. The molecule has 0 aliphatic heterocycles. The summed E-state index contributed by atoms with van der Waals surface area (Å²) < 4.78 is 5.32. The molecule has 2 rings (SSSR count). The van der Waals surface area contributed by atoms with Gasteiger partial charge in [-0.25, -0.2) is 4.79 Å². The Kier molecular flexibility index (Phi) is 10.7. The monoisotopic (exact) mass is 538 g/mol. The number of alkyl carbamates (subject to hydrolysis) is 1. The van der Waals surface area contributed by atoms with E-state index in [0.29, 0.717) is 17.7 Å². The number of hydrogen-bond acceptors (Lipinski definition) is 5. The molecule has 0 bridgehead atoms. The van der Waals surface area contributed by atoms with Crippen LogP contribution in [0.5, 0.6) is 0 Å². The molecule has 39 heavy (non-hydrogen) atoms. The van der Waals surface area contributed by atoms with Crippen molar-refractivity contribution in [2.75, 3.05) is 11.9 Å². The molecule has 4 amide bonds. The first-order valence-electron chi connectivity index (χ1n) is 13.2. The summed E-state index contributed by atoms with van der Waals surface area (Å²) in [7, 11) is 0. The molecule has 0 radical (unpaired) electrons. The van der Waals surface area contributed by atoms with Crippen LogP contribution in [-0.2, 0) is 19.1 Å². The van der Waals surface area contributed by atoms with Gasteiger partial charge in [-0.1, -0.05) is 48.9 Å². The van der Waals surface area contributed by atoms with Crippen LogP contribution in [0.25, 0.3) is 0 Å². The Morgan fingerprint density at radius 3 is 2.10 bits per heavy atom. The van der Waals surface area contributed by atoms with E-state index in [0.717, 1.165) is 22.3 Å². The van der Waals surface area contributed by atoms with E-state index in [9.17, 15) is 19.2 Å². The summed E-state index contributed by atoms with van der Waals surface area (Å²) in [6.45, 7) is 14.8. The molecular weight excluding hydrogens is 496 g/mol. The minimum absolute atomic E-state index is 0.197. The zero-order chi connectivity index (χ0) is 29.5. The molecule has 0 saturated carbocycles. The van der Waals surface area contributed by atoms with Crippen LogP contribution in [0.1, 0.15) is 74.4 Å². The number of hydrogen-bond donors (Lipinski definition) is 3. The van der Waals surface area contributed by atoms with Crippen molar-refractivity contribution in [1.82, 2.24) is 10.2 Å². The highest BCUT2D eigenvalue weighted by molar-refractivity contribution is 6.00. The van der Waals surface area contributed by atoms with E-state index in [-0.39, 0.29) is 6.54 Å². The summed E-state index contributed by atoms with van der Waals surface area (Å²) in [6, 6.07) is 9.03. The lowest BCUT2D eigenvalue weighted by atomic mass is 9.95. The number of ether oxygens (including phenoxy) is 1. The van der Waals surface area contributed by atoms with Crippen LogP contribution in [0.3, 0.4) is 0 Å². The molecule has 212 valence electrons. The van der Waals surface area contributed by atoms with Gasteiger partial charge in [-0.05, 0) is 77.1 Å². The van der Waals surface area contributed by atoms with Gasteiger partial charge >= 0.3 is 6.09 Å². The van der Waals surface area contributed by atoms with Crippen molar-refractivity contribution >= 4 is 29.5 Å². The molecule has 9 heteroatoms. The largest absolute Gasteiger partial charge is 0.444 e. The number of para-hydroxylation sites is 1. The Morgan fingerprint density at radius 1 is 0.974 bits per heavy atom. The average molecular weight is 539 g/mol. The number of rotatable bonds is 10. The molecule has 0 aliphatic rings. The third-order valence-corrected chi connectivity index (χ3v) is 6.15. The number of nitrogens with one attached hydrogen (secondary N) is 2. The van der Waals surface area contributed by atoms with E-state index in [1.165, 1.54) is 4.90 Å². The van der Waals surface area contributed by atoms with Gasteiger partial charge in [0, 0.05) is 12.2 Å². The molecule has 4 N–H and O–H groups in total. The number of aryl methyl sites for hydroxylation is 4. The van der Waals surface area contributed by atoms with E-state index in [1.807, 2.05) is 71.0 Å². The van der Waals surface area contributed by atoms with Crippen LogP contribution in [0, 0.1) is 27.7 Å². The van der Waals surface area contributed by atoms with E-state index in [2.05, 4.69) is 10.6 Å². The van der Waals surface area contributed by atoms with Crippen LogP contribution in [0.4, 0.5) is 10.5 Å². The Morgan fingerprint density at radius 2 is 1.59 bits per heavy atom. The van der Waals surface area contributed by atoms with Gasteiger partial charge in [-0.3, -0.25) is 14.4 Å². The summed E-state index contributed by atoms with van der Waals surface area (Å²) in [6.07, 6.45) is -0.780. The zero-order valence-electron chi connectivity index (χ0n) is 24.3. The summed E-state index contributed by atoms with van der Waals surface area (Å²) in [4.78, 5) is 54.0. The van der Waals surface area contributed by atoms with Crippen LogP contribution in [0.15, 0.2) is 36.4 Å². The van der Waals surface area contributed by atoms with E-state index < -0.39 is 47.9 Å². The molecule has 0 heterocycles. The average Bonchev–Trinajstić information content (AvgIpc) is 2.80. The van der Waals surface area contributed by atoms with Crippen LogP contribution in [0.2, 0.25) is 0 Å². The van der Waals surface area contributed by atoms with Gasteiger partial charge < -0.3 is 26.0 Å². The molecule has 0 spiro atoms. The van der Waals surface area contributed by atoms with E-state index in [4.69, 9.17) is 10.5 Å². The van der Waals surface area contributed by atoms with Crippen molar-refractivity contribution in [2.45, 2.75) is 85.9 Å². The lowest BCUT2D eigenvalue weighted by molar-refractivity contribution is -0.141. The minimum atomic E-state index is -1.31. The Hall–Kier alpha value is -3.88. The first kappa shape index (κ1) is 31.3. The second-order valence-corrected chi connectivity index (χ2v) is 10.9. The van der Waals surface area contributed by atoms with Gasteiger partial charge in [0.05, 0.1) is 6.42 Å². The highest BCUT2D eigenvalue weighted by Crippen LogP contribution is 2.29. The maximum atomic E-state index is 14.0. The molecule has 9 nitrogen and oxygen atoms in total. The molecular formula is C30H42N4O5. The minimum Gasteiger partial charge on any atom is -0.444 e. The lowest BCUT2D eigenvalue weighted by Crippen LogP contribution is -2.53. The second kappa shape index (κ2) is 13.3. The van der Waals surface area contributed by atoms with Crippen LogP contribution >= 0.6 is 0 Å². The Balaban J connectivity index is 2.60. The van der Waals surface area contributed by atoms with Gasteiger partial charge in [0.25, 0.3) is 5.91 Å². The molecule has 2 aromatic carbocycles. The van der Waals surface area contributed by atoms with Gasteiger partial charge in [-0.15, -0.1) is 0 Å². The van der Waals surface area contributed by atoms with Gasteiger partial charge in [-0.2, -0.15) is 0 Å². The second-order valence-electron chi connectivity index (χ2n) is 10.9. The lowest BCUT2D eigenvalue weighted by Gasteiger charge is -2.35. The first-order valence-corrected chi connectivity index (χ1v) is 13.2. The molecule has 2 unspecified atom stereocenters.